The molecular weight excluding hydrogens is 720 g/mol. The number of hydrogen-bond acceptors (Lipinski definition) is 11. The van der Waals surface area contributed by atoms with Crippen LogP contribution >= 0.6 is 0 Å². The zero-order valence-electron chi connectivity index (χ0n) is 30.1. The van der Waals surface area contributed by atoms with Gasteiger partial charge in [-0.15, -0.1) is 0 Å². The molecule has 0 unspecified atom stereocenters. The SMILES string of the molecule is CCc1nc2ccc(F)cc2nc1O[C@@H]1C[C@H]2C(=O)N[C@]3(C(=O)NS(=O)(=O)C4(C)CC4)C[C@H]3/C=C\CCCCC[C@H](NC(=O)c3ccncn3)C(=O)N2C1. The molecule has 0 spiro atoms. The van der Waals surface area contributed by atoms with Gasteiger partial charge in [0, 0.05) is 24.6 Å². The number of aromatic nitrogens is 4. The molecule has 3 fully saturated rings. The van der Waals surface area contributed by atoms with Crippen LogP contribution < -0.4 is 20.1 Å². The second-order valence-corrected chi connectivity index (χ2v) is 17.0. The molecule has 7 rings (SSSR count). The molecule has 4 aliphatic rings. The van der Waals surface area contributed by atoms with E-state index in [0.717, 1.165) is 12.8 Å². The Balaban J connectivity index is 1.21. The highest BCUT2D eigenvalue weighted by atomic mass is 32.2. The van der Waals surface area contributed by atoms with Crippen molar-refractivity contribution in [2.75, 3.05) is 6.54 Å². The lowest BCUT2D eigenvalue weighted by molar-refractivity contribution is -0.141. The van der Waals surface area contributed by atoms with Gasteiger partial charge in [0.1, 0.15) is 47.3 Å². The van der Waals surface area contributed by atoms with E-state index in [9.17, 15) is 32.0 Å². The van der Waals surface area contributed by atoms with Gasteiger partial charge < -0.3 is 20.3 Å². The fourth-order valence-electron chi connectivity index (χ4n) is 7.13. The summed E-state index contributed by atoms with van der Waals surface area (Å²) in [6.45, 7) is 3.35. The average molecular weight is 763 g/mol. The molecule has 2 aliphatic heterocycles. The minimum Gasteiger partial charge on any atom is -0.471 e. The molecule has 0 bridgehead atoms. The van der Waals surface area contributed by atoms with E-state index in [0.29, 0.717) is 43.3 Å². The Kier molecular flexibility index (Phi) is 10.1. The Morgan fingerprint density at radius 2 is 1.93 bits per heavy atom. The Morgan fingerprint density at radius 3 is 2.67 bits per heavy atom. The quantitative estimate of drug-likeness (QED) is 0.285. The Hall–Kier alpha value is -5.06. The lowest BCUT2D eigenvalue weighted by atomic mass is 10.0. The van der Waals surface area contributed by atoms with Gasteiger partial charge in [-0.2, -0.15) is 0 Å². The molecule has 3 N–H and O–H groups in total. The van der Waals surface area contributed by atoms with Crippen molar-refractivity contribution in [2.24, 2.45) is 5.92 Å². The molecule has 4 heterocycles. The van der Waals surface area contributed by atoms with Crippen molar-refractivity contribution < 1.29 is 36.7 Å². The number of ether oxygens (including phenoxy) is 1. The number of aryl methyl sites for hydroxylation is 1. The van der Waals surface area contributed by atoms with Gasteiger partial charge in [0.25, 0.3) is 11.8 Å². The summed E-state index contributed by atoms with van der Waals surface area (Å²) in [6, 6.07) is 3.27. The standard InChI is InChI=1S/C37H43FN8O7S/c1-3-25-33(43-29-17-23(38)11-12-26(29)41-25)53-24-18-30-32(48)44-37(35(50)45-54(51,52)36(2)14-15-36)19-22(37)9-7-5-4-6-8-10-28(34(49)46(30)20-24)42-31(47)27-13-16-39-21-40-27/h7,9,11-13,16-17,21-22,24,28,30H,3-6,8,10,14-15,18-20H2,1-2H3,(H,42,47)(H,44,48)(H,45,50)/b9-7-/t22-,24-,28+,30+,37-/m1/s1. The highest BCUT2D eigenvalue weighted by Crippen LogP contribution is 2.47. The summed E-state index contributed by atoms with van der Waals surface area (Å²) in [7, 11) is -4.01. The number of amides is 4. The van der Waals surface area contributed by atoms with Crippen molar-refractivity contribution in [2.45, 2.75) is 107 Å². The number of allylic oxidation sites excluding steroid dienone is 1. The first-order valence-electron chi connectivity index (χ1n) is 18.4. The van der Waals surface area contributed by atoms with Gasteiger partial charge in [-0.25, -0.2) is 32.7 Å². The molecular formula is C37H43FN8O7S. The minimum atomic E-state index is -4.01. The van der Waals surface area contributed by atoms with Crippen molar-refractivity contribution >= 4 is 44.7 Å². The third kappa shape index (κ3) is 7.50. The molecule has 286 valence electrons. The van der Waals surface area contributed by atoms with Crippen LogP contribution in [0.15, 0.2) is 48.9 Å². The number of carbonyl (C=O) groups is 4. The van der Waals surface area contributed by atoms with Crippen LogP contribution in [0, 0.1) is 11.7 Å². The first-order chi connectivity index (χ1) is 25.8. The van der Waals surface area contributed by atoms with Crippen LogP contribution in [0.1, 0.15) is 87.8 Å². The minimum absolute atomic E-state index is 0.0231. The second-order valence-electron chi connectivity index (χ2n) is 14.8. The molecule has 3 aromatic rings. The summed E-state index contributed by atoms with van der Waals surface area (Å²) in [4.78, 5) is 74.3. The first kappa shape index (κ1) is 37.3. The highest BCUT2D eigenvalue weighted by molar-refractivity contribution is 7.91. The van der Waals surface area contributed by atoms with E-state index < -0.39 is 73.9 Å². The molecule has 15 nitrogen and oxygen atoms in total. The number of nitrogens with zero attached hydrogens (tertiary/aromatic N) is 5. The fraction of sp³-hybridized carbons (Fsp3) is 0.514. The van der Waals surface area contributed by atoms with Crippen molar-refractivity contribution in [3.8, 4) is 5.88 Å². The maximum atomic E-state index is 14.5. The summed E-state index contributed by atoms with van der Waals surface area (Å²) >= 11 is 0. The van der Waals surface area contributed by atoms with Crippen LogP contribution in [-0.2, 0) is 30.8 Å². The number of rotatable bonds is 8. The number of nitrogens with one attached hydrogen (secondary N) is 3. The predicted octanol–water partition coefficient (Wildman–Crippen LogP) is 2.66. The monoisotopic (exact) mass is 762 g/mol. The fourth-order valence-corrected chi connectivity index (χ4v) is 8.45. The number of benzene rings is 1. The van der Waals surface area contributed by atoms with E-state index in [4.69, 9.17) is 4.74 Å². The zero-order valence-corrected chi connectivity index (χ0v) is 30.9. The normalized spacial score (nSPS) is 27.4. The van der Waals surface area contributed by atoms with Crippen molar-refractivity contribution in [3.63, 3.8) is 0 Å². The van der Waals surface area contributed by atoms with Crippen LogP contribution in [-0.4, -0.2) is 91.9 Å². The molecule has 5 atom stereocenters. The zero-order chi connectivity index (χ0) is 38.3. The molecule has 54 heavy (non-hydrogen) atoms. The van der Waals surface area contributed by atoms with Crippen LogP contribution in [0.25, 0.3) is 11.0 Å². The molecule has 1 saturated heterocycles. The van der Waals surface area contributed by atoms with Gasteiger partial charge in [-0.1, -0.05) is 31.9 Å². The van der Waals surface area contributed by atoms with E-state index in [1.807, 2.05) is 19.1 Å². The van der Waals surface area contributed by atoms with Gasteiger partial charge >= 0.3 is 0 Å². The first-order valence-corrected chi connectivity index (χ1v) is 19.9. The molecule has 17 heteroatoms. The smallest absolute Gasteiger partial charge is 0.270 e. The van der Waals surface area contributed by atoms with Crippen LogP contribution in [0.4, 0.5) is 4.39 Å². The van der Waals surface area contributed by atoms with E-state index in [1.165, 1.54) is 41.7 Å². The van der Waals surface area contributed by atoms with Crippen LogP contribution in [0.5, 0.6) is 5.88 Å². The van der Waals surface area contributed by atoms with Gasteiger partial charge in [0.15, 0.2) is 0 Å². The summed E-state index contributed by atoms with van der Waals surface area (Å²) in [6.07, 6.45) is 10.1. The maximum Gasteiger partial charge on any atom is 0.270 e. The van der Waals surface area contributed by atoms with Gasteiger partial charge in [0.2, 0.25) is 27.7 Å². The maximum absolute atomic E-state index is 14.5. The number of sulfonamides is 1. The molecule has 1 aromatic carbocycles. The van der Waals surface area contributed by atoms with E-state index in [-0.39, 0.29) is 42.9 Å². The van der Waals surface area contributed by atoms with Gasteiger partial charge in [-0.3, -0.25) is 23.9 Å². The van der Waals surface area contributed by atoms with Crippen molar-refractivity contribution in [3.05, 3.63) is 66.1 Å². The molecule has 4 amide bonds. The Morgan fingerprint density at radius 1 is 1.11 bits per heavy atom. The van der Waals surface area contributed by atoms with Crippen molar-refractivity contribution in [1.82, 2.24) is 40.2 Å². The molecule has 2 saturated carbocycles. The van der Waals surface area contributed by atoms with Crippen LogP contribution in [0.3, 0.4) is 0 Å². The van der Waals surface area contributed by atoms with E-state index in [2.05, 4.69) is 35.3 Å². The summed E-state index contributed by atoms with van der Waals surface area (Å²) < 4.78 is 47.9. The summed E-state index contributed by atoms with van der Waals surface area (Å²) in [5.41, 5.74) is -0.239. The molecule has 0 radical (unpaired) electrons. The third-order valence-corrected chi connectivity index (χ3v) is 13.0. The number of halogens is 1. The topological polar surface area (TPSA) is 203 Å². The Bertz CT molecular complexity index is 2120. The van der Waals surface area contributed by atoms with E-state index in [1.54, 1.807) is 6.92 Å². The lowest BCUT2D eigenvalue weighted by Gasteiger charge is -2.30. The average Bonchev–Trinajstić information content (AvgIpc) is 4.03. The van der Waals surface area contributed by atoms with E-state index >= 15 is 0 Å². The second kappa shape index (κ2) is 14.6. The number of fused-ring (bicyclic) bond motifs is 3. The summed E-state index contributed by atoms with van der Waals surface area (Å²) in [5, 5.41) is 5.66. The molecule has 2 aliphatic carbocycles. The lowest BCUT2D eigenvalue weighted by Crippen LogP contribution is -2.58. The highest BCUT2D eigenvalue weighted by Gasteiger charge is 2.63. The number of carbonyl (C=O) groups excluding carboxylic acids is 4. The third-order valence-electron chi connectivity index (χ3n) is 10.9. The van der Waals surface area contributed by atoms with Crippen molar-refractivity contribution in [1.29, 1.82) is 0 Å². The predicted molar refractivity (Wildman–Crippen MR) is 193 cm³/mol. The molecule has 2 aromatic heterocycles. The van der Waals surface area contributed by atoms with Gasteiger partial charge in [-0.05, 0) is 70.1 Å². The summed E-state index contributed by atoms with van der Waals surface area (Å²) in [5.74, 6) is -3.45. The van der Waals surface area contributed by atoms with Crippen LogP contribution in [0.2, 0.25) is 0 Å². The number of hydrogen-bond donors (Lipinski definition) is 3. The van der Waals surface area contributed by atoms with Gasteiger partial charge in [0.05, 0.1) is 22.3 Å². The largest absolute Gasteiger partial charge is 0.471 e. The Labute approximate surface area is 312 Å².